The van der Waals surface area contributed by atoms with E-state index in [0.717, 1.165) is 57.8 Å². The van der Waals surface area contributed by atoms with Crippen LogP contribution in [0.3, 0.4) is 0 Å². The first-order chi connectivity index (χ1) is 14.5. The maximum Gasteiger partial charge on any atom is 0.318 e. The summed E-state index contributed by atoms with van der Waals surface area (Å²) in [5.41, 5.74) is 13.3. The molecule has 31 heavy (non-hydrogen) atoms. The highest BCUT2D eigenvalue weighted by Crippen LogP contribution is 2.66. The van der Waals surface area contributed by atoms with Gasteiger partial charge in [-0.1, -0.05) is 6.92 Å². The zero-order valence-electron chi connectivity index (χ0n) is 19.2. The lowest BCUT2D eigenvalue weighted by Crippen LogP contribution is -2.74. The molecule has 5 rings (SSSR count). The first kappa shape index (κ1) is 21.5. The standard InChI is InChI=1S/C23H38N6O2/c1-14-26-27-28-29(14)13-18(30)17-7-9-23(25)19-5-4-15-12-20(2,31)8-6-16(15)22(19,24)11-10-21(17,23)3/h15-17,19,31H,4-13,24-25H2,1-3H3/p+1/t15?,16?,17?,19?,20-,21-,22+,23-/m1/s1. The summed E-state index contributed by atoms with van der Waals surface area (Å²) in [5.74, 6) is 2.38. The van der Waals surface area contributed by atoms with E-state index in [9.17, 15) is 9.90 Å². The molecule has 1 aromatic heterocycles. The van der Waals surface area contributed by atoms with Gasteiger partial charge in [-0.2, -0.15) is 0 Å². The van der Waals surface area contributed by atoms with Gasteiger partial charge in [0.1, 0.15) is 5.82 Å². The summed E-state index contributed by atoms with van der Waals surface area (Å²) >= 11 is 0. The Morgan fingerprint density at radius 1 is 1.13 bits per heavy atom. The molecule has 0 radical (unpaired) electrons. The monoisotopic (exact) mass is 431 g/mol. The van der Waals surface area contributed by atoms with Gasteiger partial charge in [-0.25, -0.2) is 4.68 Å². The van der Waals surface area contributed by atoms with Crippen molar-refractivity contribution in [1.82, 2.24) is 20.2 Å². The van der Waals surface area contributed by atoms with Crippen molar-refractivity contribution < 1.29 is 9.90 Å². The fourth-order valence-corrected chi connectivity index (χ4v) is 8.49. The third kappa shape index (κ3) is 2.97. The van der Waals surface area contributed by atoms with Gasteiger partial charge in [0.2, 0.25) is 0 Å². The first-order valence-corrected chi connectivity index (χ1v) is 12.1. The van der Waals surface area contributed by atoms with Crippen LogP contribution in [-0.2, 0) is 6.54 Å². The molecule has 0 bridgehead atoms. The van der Waals surface area contributed by atoms with E-state index in [1.54, 1.807) is 4.68 Å². The summed E-state index contributed by atoms with van der Waals surface area (Å²) in [6.07, 6.45) is 8.47. The Balaban J connectivity index is 1.41. The Morgan fingerprint density at radius 2 is 1.90 bits per heavy atom. The summed E-state index contributed by atoms with van der Waals surface area (Å²) in [6.45, 7) is 6.44. The van der Waals surface area contributed by atoms with Crippen LogP contribution in [0, 0.1) is 36.0 Å². The molecule has 8 atom stereocenters. The zero-order valence-corrected chi connectivity index (χ0v) is 19.2. The lowest BCUT2D eigenvalue weighted by molar-refractivity contribution is -0.118. The van der Waals surface area contributed by atoms with E-state index in [-0.39, 0.29) is 28.3 Å². The fourth-order valence-electron chi connectivity index (χ4n) is 8.49. The van der Waals surface area contributed by atoms with E-state index in [1.807, 2.05) is 13.8 Å². The van der Waals surface area contributed by atoms with Crippen molar-refractivity contribution in [3.8, 4) is 0 Å². The summed E-state index contributed by atoms with van der Waals surface area (Å²) in [4.78, 5) is 11.2. The lowest BCUT2D eigenvalue weighted by Gasteiger charge is -2.65. The molecule has 4 aliphatic rings. The van der Waals surface area contributed by atoms with Crippen molar-refractivity contribution in [3.05, 3.63) is 5.82 Å². The largest absolute Gasteiger partial charge is 0.390 e. The molecule has 4 unspecified atom stereocenters. The second-order valence-electron chi connectivity index (χ2n) is 11.8. The Hall–Kier alpha value is -1.38. The SMILES string of the molecule is Cc1nnnn1CC(=[OH+])C1CC[C@@]2(N)C3CCC4C[C@](C)(O)CCC4[C@@]3(N)CC[C@]12C. The average molecular weight is 432 g/mol. The van der Waals surface area contributed by atoms with Crippen LogP contribution in [0.5, 0.6) is 0 Å². The molecule has 8 nitrogen and oxygen atoms in total. The van der Waals surface area contributed by atoms with Crippen molar-refractivity contribution in [1.29, 1.82) is 0 Å². The first-order valence-electron chi connectivity index (χ1n) is 12.1. The molecule has 0 spiro atoms. The number of rotatable bonds is 3. The number of nitrogens with zero attached hydrogens (tertiary/aromatic N) is 4. The predicted octanol–water partition coefficient (Wildman–Crippen LogP) is 1.71. The topological polar surface area (TPSA) is 137 Å². The molecular weight excluding hydrogens is 392 g/mol. The number of nitrogens with two attached hydrogens (primary N) is 2. The molecule has 0 aliphatic heterocycles. The number of aryl methyl sites for hydroxylation is 1. The summed E-state index contributed by atoms with van der Waals surface area (Å²) in [6, 6.07) is 0. The molecule has 6 N–H and O–H groups in total. The highest BCUT2D eigenvalue weighted by atomic mass is 16.3. The number of hydrogen-bond acceptors (Lipinski definition) is 6. The highest BCUT2D eigenvalue weighted by molar-refractivity contribution is 5.83. The van der Waals surface area contributed by atoms with E-state index in [4.69, 9.17) is 11.5 Å². The molecule has 0 aromatic carbocycles. The third-order valence-corrected chi connectivity index (χ3v) is 10.2. The molecule has 1 aromatic rings. The number of carbonyl (C=O) groups excluding carboxylic acids is 1. The van der Waals surface area contributed by atoms with Crippen LogP contribution in [0.4, 0.5) is 0 Å². The molecule has 8 heteroatoms. The van der Waals surface area contributed by atoms with E-state index in [1.165, 1.54) is 0 Å². The number of aliphatic hydroxyl groups is 1. The maximum absolute atomic E-state index is 11.2. The molecule has 4 aliphatic carbocycles. The third-order valence-electron chi connectivity index (χ3n) is 10.2. The van der Waals surface area contributed by atoms with E-state index in [2.05, 4.69) is 22.4 Å². The van der Waals surface area contributed by atoms with Crippen LogP contribution in [0.1, 0.15) is 77.5 Å². The highest BCUT2D eigenvalue weighted by Gasteiger charge is 2.70. The number of aromatic nitrogens is 4. The number of fused-ring (bicyclic) bond motifs is 5. The van der Waals surface area contributed by atoms with Crippen LogP contribution in [0.15, 0.2) is 0 Å². The van der Waals surface area contributed by atoms with Gasteiger partial charge in [0.25, 0.3) is 0 Å². The number of ketones is 1. The van der Waals surface area contributed by atoms with Crippen molar-refractivity contribution in [2.75, 3.05) is 0 Å². The van der Waals surface area contributed by atoms with E-state index < -0.39 is 5.60 Å². The van der Waals surface area contributed by atoms with Gasteiger partial charge >= 0.3 is 5.78 Å². The van der Waals surface area contributed by atoms with Gasteiger partial charge in [0.15, 0.2) is 6.54 Å². The van der Waals surface area contributed by atoms with Gasteiger partial charge in [-0.05, 0) is 99.8 Å². The smallest absolute Gasteiger partial charge is 0.318 e. The summed E-state index contributed by atoms with van der Waals surface area (Å²) < 4.78 is 1.66. The molecule has 172 valence electrons. The van der Waals surface area contributed by atoms with Crippen LogP contribution in [-0.4, -0.2) is 52.6 Å². The summed E-state index contributed by atoms with van der Waals surface area (Å²) in [7, 11) is 0. The molecule has 0 saturated heterocycles. The van der Waals surface area contributed by atoms with Crippen molar-refractivity contribution >= 4 is 5.78 Å². The maximum atomic E-state index is 11.2. The van der Waals surface area contributed by atoms with Crippen molar-refractivity contribution in [3.63, 3.8) is 0 Å². The molecular formula is C23H39N6O2+. The van der Waals surface area contributed by atoms with Gasteiger partial charge in [-0.15, -0.1) is 5.10 Å². The quantitative estimate of drug-likeness (QED) is 0.623. The normalized spacial score (nSPS) is 49.2. The zero-order chi connectivity index (χ0) is 22.2. The van der Waals surface area contributed by atoms with Gasteiger partial charge in [-0.3, -0.25) is 4.79 Å². The van der Waals surface area contributed by atoms with Gasteiger partial charge in [0.05, 0.1) is 11.5 Å². The minimum Gasteiger partial charge on any atom is -0.390 e. The van der Waals surface area contributed by atoms with Gasteiger partial charge < -0.3 is 16.6 Å². The second kappa shape index (κ2) is 6.81. The fraction of sp³-hybridized carbons (Fsp3) is 0.913. The van der Waals surface area contributed by atoms with Crippen LogP contribution in [0.25, 0.3) is 0 Å². The Morgan fingerprint density at radius 3 is 2.61 bits per heavy atom. The van der Waals surface area contributed by atoms with Crippen molar-refractivity contribution in [2.24, 2.45) is 40.6 Å². The molecule has 0 amide bonds. The van der Waals surface area contributed by atoms with E-state index >= 15 is 0 Å². The molecule has 4 saturated carbocycles. The Kier molecular flexibility index (Phi) is 4.72. The molecule has 4 fully saturated rings. The van der Waals surface area contributed by atoms with Crippen molar-refractivity contribution in [2.45, 2.75) is 102 Å². The number of hydrogen-bond donors (Lipinski definition) is 3. The average Bonchev–Trinajstić information content (AvgIpc) is 3.21. The minimum absolute atomic E-state index is 0.0375. The minimum atomic E-state index is -0.554. The Labute approximate surface area is 184 Å². The van der Waals surface area contributed by atoms with Gasteiger partial charge in [0, 0.05) is 16.5 Å². The second-order valence-corrected chi connectivity index (χ2v) is 11.8. The Bertz CT molecular complexity index is 885. The predicted molar refractivity (Wildman–Crippen MR) is 118 cm³/mol. The van der Waals surface area contributed by atoms with Crippen LogP contribution in [0.2, 0.25) is 0 Å². The van der Waals surface area contributed by atoms with E-state index in [0.29, 0.717) is 30.0 Å². The van der Waals surface area contributed by atoms with Crippen LogP contribution < -0.4 is 11.5 Å². The lowest BCUT2D eigenvalue weighted by atomic mass is 9.43. The molecule has 1 heterocycles. The summed E-state index contributed by atoms with van der Waals surface area (Å²) in [5, 5.41) is 22.3. The van der Waals surface area contributed by atoms with Crippen LogP contribution >= 0.6 is 0 Å². The number of tetrazole rings is 1.